The number of piperazine rings is 1. The van der Waals surface area contributed by atoms with E-state index >= 15 is 0 Å². The fourth-order valence-corrected chi connectivity index (χ4v) is 5.51. The summed E-state index contributed by atoms with van der Waals surface area (Å²) in [6.07, 6.45) is 6.01. The maximum atomic E-state index is 11.7. The molecule has 2 fully saturated rings. The molecule has 1 aliphatic heterocycles. The summed E-state index contributed by atoms with van der Waals surface area (Å²) in [6, 6.07) is 14.7. The molecule has 0 N–H and O–H groups in total. The molecule has 1 aliphatic carbocycles. The van der Waals surface area contributed by atoms with E-state index in [1.165, 1.54) is 43.6 Å². The fraction of sp³-hybridized carbons (Fsp3) is 0.560. The molecule has 1 aromatic carbocycles. The van der Waals surface area contributed by atoms with Gasteiger partial charge in [-0.1, -0.05) is 30.3 Å². The first-order valence-corrected chi connectivity index (χ1v) is 13.6. The highest BCUT2D eigenvalue weighted by Gasteiger charge is 2.28. The van der Waals surface area contributed by atoms with Crippen molar-refractivity contribution in [2.75, 3.05) is 39.0 Å². The van der Waals surface area contributed by atoms with Crippen LogP contribution >= 0.6 is 0 Å². The first-order valence-electron chi connectivity index (χ1n) is 11.7. The quantitative estimate of drug-likeness (QED) is 0.634. The Labute approximate surface area is 192 Å². The average molecular weight is 458 g/mol. The predicted molar refractivity (Wildman–Crippen MR) is 127 cm³/mol. The van der Waals surface area contributed by atoms with Gasteiger partial charge in [0.1, 0.15) is 5.75 Å². The molecule has 6 nitrogen and oxygen atoms in total. The third-order valence-corrected chi connectivity index (χ3v) is 7.84. The van der Waals surface area contributed by atoms with Crippen molar-refractivity contribution in [2.24, 2.45) is 5.92 Å². The van der Waals surface area contributed by atoms with Crippen LogP contribution in [0.3, 0.4) is 0 Å². The Morgan fingerprint density at radius 3 is 2.28 bits per heavy atom. The second-order valence-corrected chi connectivity index (χ2v) is 11.3. The van der Waals surface area contributed by atoms with Crippen LogP contribution in [0.2, 0.25) is 0 Å². The van der Waals surface area contributed by atoms with Gasteiger partial charge >= 0.3 is 0 Å². The van der Waals surface area contributed by atoms with Gasteiger partial charge in [-0.05, 0) is 56.2 Å². The number of hydrogen-bond donors (Lipinski definition) is 0. The summed E-state index contributed by atoms with van der Waals surface area (Å²) in [4.78, 5) is 9.45. The lowest BCUT2D eigenvalue weighted by Gasteiger charge is -2.42. The Bertz CT molecular complexity index is 981. The summed E-state index contributed by atoms with van der Waals surface area (Å²) in [5.74, 6) is 1.24. The molecule has 0 spiro atoms. The van der Waals surface area contributed by atoms with Crippen molar-refractivity contribution in [1.82, 2.24) is 14.8 Å². The summed E-state index contributed by atoms with van der Waals surface area (Å²) >= 11 is 0. The van der Waals surface area contributed by atoms with Crippen LogP contribution in [0.25, 0.3) is 0 Å². The minimum atomic E-state index is -3.29. The molecular weight excluding hydrogens is 422 g/mol. The van der Waals surface area contributed by atoms with E-state index in [1.807, 2.05) is 0 Å². The standard InChI is InChI=1S/C25H35N3O3S/c1-20-24(12-13-25(26-20)32(2,29)30)31-19-22-8-10-23(11-9-22)28-16-14-27(15-17-28)18-21-6-4-3-5-7-21/h3-7,12-13,22-23H,8-11,14-19H2,1-2H3/t22-,23-. The Morgan fingerprint density at radius 2 is 1.66 bits per heavy atom. The van der Waals surface area contributed by atoms with Gasteiger partial charge in [-0.15, -0.1) is 0 Å². The smallest absolute Gasteiger partial charge is 0.192 e. The van der Waals surface area contributed by atoms with Crippen LogP contribution in [0.15, 0.2) is 47.5 Å². The minimum absolute atomic E-state index is 0.103. The fourth-order valence-electron chi connectivity index (χ4n) is 4.90. The third kappa shape index (κ3) is 6.09. The zero-order valence-electron chi connectivity index (χ0n) is 19.2. The van der Waals surface area contributed by atoms with Crippen molar-refractivity contribution in [2.45, 2.75) is 50.2 Å². The van der Waals surface area contributed by atoms with E-state index in [1.54, 1.807) is 13.0 Å². The van der Waals surface area contributed by atoms with Gasteiger partial charge in [-0.2, -0.15) is 0 Å². The van der Waals surface area contributed by atoms with E-state index in [4.69, 9.17) is 4.74 Å². The summed E-state index contributed by atoms with van der Waals surface area (Å²) < 4.78 is 29.3. The molecule has 0 radical (unpaired) electrons. The lowest BCUT2D eigenvalue weighted by molar-refractivity contribution is 0.0613. The number of aryl methyl sites for hydroxylation is 1. The van der Waals surface area contributed by atoms with Crippen LogP contribution in [-0.4, -0.2) is 68.3 Å². The van der Waals surface area contributed by atoms with E-state index in [2.05, 4.69) is 45.1 Å². The topological polar surface area (TPSA) is 62.7 Å². The summed E-state index contributed by atoms with van der Waals surface area (Å²) in [5.41, 5.74) is 2.04. The SMILES string of the molecule is Cc1nc(S(C)(=O)=O)ccc1OC[C@H]1CC[C@H](N2CCN(Cc3ccccc3)CC2)CC1. The number of nitrogens with zero attached hydrogens (tertiary/aromatic N) is 3. The van der Waals surface area contributed by atoms with Gasteiger partial charge in [0.25, 0.3) is 0 Å². The number of aromatic nitrogens is 1. The molecule has 0 unspecified atom stereocenters. The Morgan fingerprint density at radius 1 is 0.969 bits per heavy atom. The molecule has 0 atom stereocenters. The molecule has 1 saturated carbocycles. The van der Waals surface area contributed by atoms with Gasteiger partial charge < -0.3 is 4.74 Å². The third-order valence-electron chi connectivity index (χ3n) is 6.85. The lowest BCUT2D eigenvalue weighted by atomic mass is 9.85. The number of ether oxygens (including phenoxy) is 1. The van der Waals surface area contributed by atoms with E-state index in [0.717, 1.165) is 32.7 Å². The highest BCUT2D eigenvalue weighted by molar-refractivity contribution is 7.90. The maximum absolute atomic E-state index is 11.7. The van der Waals surface area contributed by atoms with E-state index in [-0.39, 0.29) is 5.03 Å². The highest BCUT2D eigenvalue weighted by atomic mass is 32.2. The first kappa shape index (κ1) is 23.2. The van der Waals surface area contributed by atoms with E-state index in [0.29, 0.717) is 30.0 Å². The monoisotopic (exact) mass is 457 g/mol. The summed E-state index contributed by atoms with van der Waals surface area (Å²) in [5, 5.41) is 0.103. The number of benzene rings is 1. The van der Waals surface area contributed by atoms with Crippen LogP contribution in [0.1, 0.15) is 36.9 Å². The molecule has 2 aromatic rings. The highest BCUT2D eigenvalue weighted by Crippen LogP contribution is 2.29. The van der Waals surface area contributed by atoms with Crippen molar-refractivity contribution in [3.8, 4) is 5.75 Å². The van der Waals surface area contributed by atoms with E-state index < -0.39 is 9.84 Å². The van der Waals surface area contributed by atoms with Crippen molar-refractivity contribution in [3.05, 3.63) is 53.7 Å². The number of rotatable bonds is 7. The molecule has 0 bridgehead atoms. The molecular formula is C25H35N3O3S. The van der Waals surface area contributed by atoms with Crippen molar-refractivity contribution < 1.29 is 13.2 Å². The molecule has 1 saturated heterocycles. The summed E-state index contributed by atoms with van der Waals surface area (Å²) in [7, 11) is -3.29. The van der Waals surface area contributed by atoms with Crippen LogP contribution in [-0.2, 0) is 16.4 Å². The van der Waals surface area contributed by atoms with Crippen LogP contribution in [0.5, 0.6) is 5.75 Å². The van der Waals surface area contributed by atoms with Crippen molar-refractivity contribution in [1.29, 1.82) is 0 Å². The Balaban J connectivity index is 1.19. The molecule has 32 heavy (non-hydrogen) atoms. The normalized spacial score (nSPS) is 23.2. The zero-order valence-corrected chi connectivity index (χ0v) is 20.1. The average Bonchev–Trinajstić information content (AvgIpc) is 2.79. The van der Waals surface area contributed by atoms with Crippen LogP contribution < -0.4 is 4.74 Å². The van der Waals surface area contributed by atoms with Gasteiger partial charge in [0, 0.05) is 45.0 Å². The first-order chi connectivity index (χ1) is 15.4. The van der Waals surface area contributed by atoms with Gasteiger partial charge in [0.05, 0.1) is 12.3 Å². The molecule has 7 heteroatoms. The second-order valence-electron chi connectivity index (χ2n) is 9.29. The van der Waals surface area contributed by atoms with Gasteiger partial charge in [-0.3, -0.25) is 9.80 Å². The van der Waals surface area contributed by atoms with Crippen LogP contribution in [0.4, 0.5) is 0 Å². The lowest BCUT2D eigenvalue weighted by Crippen LogP contribution is -2.50. The minimum Gasteiger partial charge on any atom is -0.491 e. The Hall–Kier alpha value is -1.96. The van der Waals surface area contributed by atoms with Crippen molar-refractivity contribution in [3.63, 3.8) is 0 Å². The molecule has 2 aliphatic rings. The van der Waals surface area contributed by atoms with Gasteiger partial charge in [0.15, 0.2) is 14.9 Å². The Kier molecular flexibility index (Phi) is 7.48. The predicted octanol–water partition coefficient (Wildman–Crippen LogP) is 3.55. The zero-order chi connectivity index (χ0) is 22.6. The molecule has 2 heterocycles. The summed E-state index contributed by atoms with van der Waals surface area (Å²) in [6.45, 7) is 8.16. The molecule has 4 rings (SSSR count). The van der Waals surface area contributed by atoms with E-state index in [9.17, 15) is 8.42 Å². The largest absolute Gasteiger partial charge is 0.491 e. The van der Waals surface area contributed by atoms with Crippen LogP contribution in [0, 0.1) is 12.8 Å². The number of sulfone groups is 1. The molecule has 0 amide bonds. The van der Waals surface area contributed by atoms with Crippen molar-refractivity contribution >= 4 is 9.84 Å². The van der Waals surface area contributed by atoms with Gasteiger partial charge in [0.2, 0.25) is 0 Å². The second kappa shape index (κ2) is 10.3. The molecule has 174 valence electrons. The molecule has 1 aromatic heterocycles. The maximum Gasteiger partial charge on any atom is 0.192 e. The van der Waals surface area contributed by atoms with Gasteiger partial charge in [-0.25, -0.2) is 13.4 Å². The number of hydrogen-bond acceptors (Lipinski definition) is 6. The number of pyridine rings is 1.